The average Bonchev–Trinajstić information content (AvgIpc) is 3.40. The molecule has 0 aliphatic carbocycles. The monoisotopic (exact) mass is 527 g/mol. The molecule has 6 nitrogen and oxygen atoms in total. The van der Waals surface area contributed by atoms with E-state index in [1.54, 1.807) is 0 Å². The first-order valence-electron chi connectivity index (χ1n) is 11.2. The van der Waals surface area contributed by atoms with Gasteiger partial charge in [-0.05, 0) is 44.3 Å². The van der Waals surface area contributed by atoms with Gasteiger partial charge in [-0.2, -0.15) is 0 Å². The first kappa shape index (κ1) is 24.9. The third kappa shape index (κ3) is 7.41. The van der Waals surface area contributed by atoms with Crippen LogP contribution in [0, 0.1) is 5.92 Å². The fourth-order valence-electron chi connectivity index (χ4n) is 4.43. The zero-order chi connectivity index (χ0) is 20.5. The number of aliphatic imine (C=N–C) groups is 1. The number of hydrogen-bond donors (Lipinski definition) is 2. The predicted molar refractivity (Wildman–Crippen MR) is 134 cm³/mol. The van der Waals surface area contributed by atoms with Crippen LogP contribution >= 0.6 is 24.0 Å². The van der Waals surface area contributed by atoms with E-state index in [0.29, 0.717) is 18.4 Å². The molecule has 1 aromatic rings. The van der Waals surface area contributed by atoms with Crippen LogP contribution in [0.5, 0.6) is 0 Å². The molecule has 30 heavy (non-hydrogen) atoms. The number of carbonyl (C=O) groups is 1. The third-order valence-electron chi connectivity index (χ3n) is 6.22. The highest BCUT2D eigenvalue weighted by Crippen LogP contribution is 2.18. The molecule has 2 N–H and O–H groups in total. The maximum absolute atomic E-state index is 12.4. The van der Waals surface area contributed by atoms with Crippen molar-refractivity contribution in [2.45, 2.75) is 45.1 Å². The maximum Gasteiger partial charge on any atom is 0.223 e. The van der Waals surface area contributed by atoms with Gasteiger partial charge < -0.3 is 15.5 Å². The van der Waals surface area contributed by atoms with Gasteiger partial charge >= 0.3 is 0 Å². The van der Waals surface area contributed by atoms with Crippen molar-refractivity contribution >= 4 is 35.8 Å². The number of likely N-dealkylation sites (tertiary alicyclic amines) is 2. The number of carbonyl (C=O) groups excluding carboxylic acids is 1. The molecule has 2 fully saturated rings. The Bertz CT molecular complexity index is 663. The molecule has 7 heteroatoms. The van der Waals surface area contributed by atoms with Crippen molar-refractivity contribution in [1.29, 1.82) is 0 Å². The average molecular weight is 527 g/mol. The third-order valence-corrected chi connectivity index (χ3v) is 6.22. The second kappa shape index (κ2) is 13.1. The molecule has 1 amide bonds. The van der Waals surface area contributed by atoms with Crippen LogP contribution in [0.3, 0.4) is 0 Å². The van der Waals surface area contributed by atoms with Gasteiger partial charge in [-0.1, -0.05) is 37.3 Å². The predicted octanol–water partition coefficient (Wildman–Crippen LogP) is 2.74. The summed E-state index contributed by atoms with van der Waals surface area (Å²) >= 11 is 0. The summed E-state index contributed by atoms with van der Waals surface area (Å²) in [6.45, 7) is 8.04. The van der Waals surface area contributed by atoms with Crippen molar-refractivity contribution in [3.8, 4) is 0 Å². The van der Waals surface area contributed by atoms with E-state index in [-0.39, 0.29) is 29.9 Å². The molecule has 0 spiro atoms. The van der Waals surface area contributed by atoms with E-state index in [2.05, 4.69) is 51.7 Å². The van der Waals surface area contributed by atoms with Crippen molar-refractivity contribution in [2.75, 3.05) is 46.3 Å². The van der Waals surface area contributed by atoms with E-state index >= 15 is 0 Å². The van der Waals surface area contributed by atoms with Gasteiger partial charge in [0, 0.05) is 51.6 Å². The number of nitrogens with one attached hydrogen (secondary N) is 2. The standard InChI is InChI=1S/C23H37N5O.HI/c1-3-21(27-12-7-8-13-27)17-26-23(24-2)25-16-20-15-22(29)28(18-20)14-11-19-9-5-4-6-10-19;/h4-6,9-10,20-21H,3,7-8,11-18H2,1-2H3,(H2,24,25,26);1H. The summed E-state index contributed by atoms with van der Waals surface area (Å²) in [5.74, 6) is 1.46. The number of hydrogen-bond acceptors (Lipinski definition) is 3. The van der Waals surface area contributed by atoms with E-state index < -0.39 is 0 Å². The number of guanidine groups is 1. The molecule has 0 bridgehead atoms. The van der Waals surface area contributed by atoms with Crippen molar-refractivity contribution in [3.63, 3.8) is 0 Å². The molecule has 168 valence electrons. The Morgan fingerprint density at radius 3 is 2.60 bits per heavy atom. The Hall–Kier alpha value is -1.35. The number of nitrogens with zero attached hydrogens (tertiary/aromatic N) is 3. The SMILES string of the molecule is CCC(CNC(=NC)NCC1CC(=O)N(CCc2ccccc2)C1)N1CCCC1.I. The minimum Gasteiger partial charge on any atom is -0.356 e. The van der Waals surface area contributed by atoms with E-state index in [0.717, 1.165) is 45.0 Å². The van der Waals surface area contributed by atoms with E-state index in [4.69, 9.17) is 0 Å². The first-order valence-corrected chi connectivity index (χ1v) is 11.2. The zero-order valence-corrected chi connectivity index (χ0v) is 20.8. The molecule has 1 aromatic carbocycles. The van der Waals surface area contributed by atoms with Crippen molar-refractivity contribution in [2.24, 2.45) is 10.9 Å². The number of rotatable bonds is 9. The van der Waals surface area contributed by atoms with Crippen LogP contribution in [0.25, 0.3) is 0 Å². The summed E-state index contributed by atoms with van der Waals surface area (Å²) < 4.78 is 0. The van der Waals surface area contributed by atoms with E-state index in [9.17, 15) is 4.79 Å². The Morgan fingerprint density at radius 2 is 1.93 bits per heavy atom. The molecule has 2 atom stereocenters. The lowest BCUT2D eigenvalue weighted by Crippen LogP contribution is -2.47. The van der Waals surface area contributed by atoms with Crippen LogP contribution in [0.2, 0.25) is 0 Å². The first-order chi connectivity index (χ1) is 14.2. The Labute approximate surface area is 198 Å². The minimum atomic E-state index is 0. The summed E-state index contributed by atoms with van der Waals surface area (Å²) in [5.41, 5.74) is 1.29. The van der Waals surface area contributed by atoms with Crippen LogP contribution in [0.4, 0.5) is 0 Å². The van der Waals surface area contributed by atoms with Crippen LogP contribution in [-0.2, 0) is 11.2 Å². The minimum absolute atomic E-state index is 0. The van der Waals surface area contributed by atoms with Crippen LogP contribution in [0.1, 0.15) is 38.2 Å². The normalized spacial score (nSPS) is 20.9. The number of halogens is 1. The molecule has 2 aliphatic rings. The van der Waals surface area contributed by atoms with Gasteiger partial charge in [-0.3, -0.25) is 14.7 Å². The van der Waals surface area contributed by atoms with Gasteiger partial charge in [0.2, 0.25) is 5.91 Å². The summed E-state index contributed by atoms with van der Waals surface area (Å²) in [7, 11) is 1.82. The van der Waals surface area contributed by atoms with Gasteiger partial charge in [0.1, 0.15) is 0 Å². The summed E-state index contributed by atoms with van der Waals surface area (Å²) in [4.78, 5) is 21.3. The Morgan fingerprint density at radius 1 is 1.20 bits per heavy atom. The summed E-state index contributed by atoms with van der Waals surface area (Å²) in [6.07, 6.45) is 5.34. The fraction of sp³-hybridized carbons (Fsp3) is 0.652. The molecule has 0 radical (unpaired) electrons. The second-order valence-electron chi connectivity index (χ2n) is 8.28. The van der Waals surface area contributed by atoms with Crippen LogP contribution < -0.4 is 10.6 Å². The summed E-state index contributed by atoms with van der Waals surface area (Å²) in [5, 5.41) is 6.93. The molecule has 0 aromatic heterocycles. The van der Waals surface area contributed by atoms with Gasteiger partial charge in [0.15, 0.2) is 5.96 Å². The molecule has 3 rings (SSSR count). The fourth-order valence-corrected chi connectivity index (χ4v) is 4.43. The Balaban J connectivity index is 0.00000320. The maximum atomic E-state index is 12.4. The second-order valence-corrected chi connectivity index (χ2v) is 8.28. The number of benzene rings is 1. The van der Waals surface area contributed by atoms with Crippen molar-refractivity contribution in [1.82, 2.24) is 20.4 Å². The van der Waals surface area contributed by atoms with Gasteiger partial charge in [-0.15, -0.1) is 24.0 Å². The van der Waals surface area contributed by atoms with Gasteiger partial charge in [-0.25, -0.2) is 0 Å². The molecular formula is C23H38IN5O. The summed E-state index contributed by atoms with van der Waals surface area (Å²) in [6, 6.07) is 11.0. The molecule has 2 aliphatic heterocycles. The zero-order valence-electron chi connectivity index (χ0n) is 18.5. The molecule has 2 heterocycles. The molecule has 0 saturated carbocycles. The smallest absolute Gasteiger partial charge is 0.223 e. The van der Waals surface area contributed by atoms with Crippen molar-refractivity contribution < 1.29 is 4.79 Å². The molecule has 2 unspecified atom stereocenters. The van der Waals surface area contributed by atoms with Crippen LogP contribution in [0.15, 0.2) is 35.3 Å². The van der Waals surface area contributed by atoms with Gasteiger partial charge in [0.05, 0.1) is 0 Å². The van der Waals surface area contributed by atoms with Crippen LogP contribution in [-0.4, -0.2) is 74.0 Å². The highest BCUT2D eigenvalue weighted by Gasteiger charge is 2.29. The van der Waals surface area contributed by atoms with Crippen molar-refractivity contribution in [3.05, 3.63) is 35.9 Å². The lowest BCUT2D eigenvalue weighted by molar-refractivity contribution is -0.127. The lowest BCUT2D eigenvalue weighted by Gasteiger charge is -2.27. The lowest BCUT2D eigenvalue weighted by atomic mass is 10.1. The van der Waals surface area contributed by atoms with E-state index in [1.807, 2.05) is 18.0 Å². The highest BCUT2D eigenvalue weighted by molar-refractivity contribution is 14.0. The van der Waals surface area contributed by atoms with E-state index in [1.165, 1.54) is 31.5 Å². The highest BCUT2D eigenvalue weighted by atomic mass is 127. The van der Waals surface area contributed by atoms with Gasteiger partial charge in [0.25, 0.3) is 0 Å². The topological polar surface area (TPSA) is 60.0 Å². The number of amides is 1. The quantitative estimate of drug-likeness (QED) is 0.295. The largest absolute Gasteiger partial charge is 0.356 e. The molecule has 2 saturated heterocycles. The Kier molecular flexibility index (Phi) is 10.9. The molecular weight excluding hydrogens is 489 g/mol.